The number of hydrogen-bond acceptors (Lipinski definition) is 2. The van der Waals surface area contributed by atoms with Crippen molar-refractivity contribution in [3.63, 3.8) is 0 Å². The molecule has 0 atom stereocenters. The molecule has 1 heterocycles. The second-order valence-electron chi connectivity index (χ2n) is 4.47. The number of rotatable bonds is 5. The van der Waals surface area contributed by atoms with Crippen LogP contribution in [0, 0.1) is 5.82 Å². The van der Waals surface area contributed by atoms with Crippen molar-refractivity contribution in [3.05, 3.63) is 51.5 Å². The summed E-state index contributed by atoms with van der Waals surface area (Å²) in [6.45, 7) is 3.28. The van der Waals surface area contributed by atoms with Crippen molar-refractivity contribution in [3.8, 4) is 0 Å². The molecule has 102 valence electrons. The van der Waals surface area contributed by atoms with Gasteiger partial charge in [0, 0.05) is 41.9 Å². The van der Waals surface area contributed by atoms with Crippen LogP contribution in [-0.2, 0) is 26.6 Å². The van der Waals surface area contributed by atoms with Gasteiger partial charge in [0.1, 0.15) is 5.82 Å². The molecule has 0 radical (unpaired) electrons. The third-order valence-electron chi connectivity index (χ3n) is 2.97. The summed E-state index contributed by atoms with van der Waals surface area (Å²) < 4.78 is 16.3. The number of aryl methyl sites for hydroxylation is 2. The SMILES string of the molecule is CCc1nn(C)cc1CNCc1cc(Br)ccc1F. The fraction of sp³-hybridized carbons (Fsp3) is 0.357. The van der Waals surface area contributed by atoms with Crippen LogP contribution in [0.5, 0.6) is 0 Å². The Hall–Kier alpha value is -1.20. The average Bonchev–Trinajstić information content (AvgIpc) is 2.74. The number of halogens is 2. The zero-order valence-electron chi connectivity index (χ0n) is 11.1. The van der Waals surface area contributed by atoms with E-state index in [4.69, 9.17) is 0 Å². The third kappa shape index (κ3) is 3.64. The minimum atomic E-state index is -0.183. The molecule has 0 aliphatic heterocycles. The second-order valence-corrected chi connectivity index (χ2v) is 5.38. The van der Waals surface area contributed by atoms with Crippen LogP contribution >= 0.6 is 15.9 Å². The lowest BCUT2D eigenvalue weighted by Gasteiger charge is -2.06. The van der Waals surface area contributed by atoms with Crippen molar-refractivity contribution in [2.45, 2.75) is 26.4 Å². The van der Waals surface area contributed by atoms with Gasteiger partial charge in [-0.25, -0.2) is 4.39 Å². The molecule has 1 aromatic carbocycles. The quantitative estimate of drug-likeness (QED) is 0.915. The van der Waals surface area contributed by atoms with Crippen LogP contribution in [0.2, 0.25) is 0 Å². The molecule has 2 rings (SSSR count). The fourth-order valence-electron chi connectivity index (χ4n) is 2.04. The first-order chi connectivity index (χ1) is 9.10. The molecule has 3 nitrogen and oxygen atoms in total. The van der Waals surface area contributed by atoms with Crippen molar-refractivity contribution in [1.82, 2.24) is 15.1 Å². The molecule has 0 aliphatic rings. The largest absolute Gasteiger partial charge is 0.308 e. The van der Waals surface area contributed by atoms with E-state index in [1.165, 1.54) is 11.6 Å². The topological polar surface area (TPSA) is 29.9 Å². The molecule has 5 heteroatoms. The normalized spacial score (nSPS) is 10.9. The highest BCUT2D eigenvalue weighted by Gasteiger charge is 2.06. The maximum absolute atomic E-state index is 13.6. The zero-order chi connectivity index (χ0) is 13.8. The first-order valence-corrected chi connectivity index (χ1v) is 7.05. The lowest BCUT2D eigenvalue weighted by molar-refractivity contribution is 0.587. The molecule has 19 heavy (non-hydrogen) atoms. The summed E-state index contributed by atoms with van der Waals surface area (Å²) in [4.78, 5) is 0. The smallest absolute Gasteiger partial charge is 0.127 e. The maximum atomic E-state index is 13.6. The highest BCUT2D eigenvalue weighted by molar-refractivity contribution is 9.10. The van der Waals surface area contributed by atoms with Gasteiger partial charge in [0.05, 0.1) is 5.69 Å². The van der Waals surface area contributed by atoms with E-state index >= 15 is 0 Å². The summed E-state index contributed by atoms with van der Waals surface area (Å²) in [6.07, 6.45) is 2.91. The minimum Gasteiger partial charge on any atom is -0.308 e. The predicted molar refractivity (Wildman–Crippen MR) is 77.2 cm³/mol. The van der Waals surface area contributed by atoms with Crippen molar-refractivity contribution < 1.29 is 4.39 Å². The number of nitrogens with one attached hydrogen (secondary N) is 1. The fourth-order valence-corrected chi connectivity index (χ4v) is 2.45. The molecule has 1 aromatic heterocycles. The van der Waals surface area contributed by atoms with E-state index in [0.717, 1.165) is 16.6 Å². The first kappa shape index (κ1) is 14.2. The van der Waals surface area contributed by atoms with E-state index < -0.39 is 0 Å². The molecule has 0 spiro atoms. The van der Waals surface area contributed by atoms with E-state index in [1.54, 1.807) is 12.1 Å². The van der Waals surface area contributed by atoms with Crippen molar-refractivity contribution in [1.29, 1.82) is 0 Å². The Morgan fingerprint density at radius 2 is 2.05 bits per heavy atom. The average molecular weight is 326 g/mol. The Kier molecular flexibility index (Phi) is 4.71. The predicted octanol–water partition coefficient (Wildman–Crippen LogP) is 3.17. The number of benzene rings is 1. The Balaban J connectivity index is 1.98. The van der Waals surface area contributed by atoms with Crippen LogP contribution in [0.1, 0.15) is 23.7 Å². The van der Waals surface area contributed by atoms with Gasteiger partial charge >= 0.3 is 0 Å². The summed E-state index contributed by atoms with van der Waals surface area (Å²) in [6, 6.07) is 4.98. The van der Waals surface area contributed by atoms with Crippen molar-refractivity contribution >= 4 is 15.9 Å². The van der Waals surface area contributed by atoms with E-state index in [-0.39, 0.29) is 5.82 Å². The van der Waals surface area contributed by atoms with Gasteiger partial charge in [-0.3, -0.25) is 4.68 Å². The summed E-state index contributed by atoms with van der Waals surface area (Å²) in [7, 11) is 1.91. The molecular formula is C14H17BrFN3. The second kappa shape index (κ2) is 6.30. The monoisotopic (exact) mass is 325 g/mol. The van der Waals surface area contributed by atoms with Gasteiger partial charge in [-0.1, -0.05) is 22.9 Å². The Morgan fingerprint density at radius 1 is 1.32 bits per heavy atom. The van der Waals surface area contributed by atoms with Crippen molar-refractivity contribution in [2.75, 3.05) is 0 Å². The molecule has 0 unspecified atom stereocenters. The minimum absolute atomic E-state index is 0.183. The van der Waals surface area contributed by atoms with Gasteiger partial charge < -0.3 is 5.32 Å². The van der Waals surface area contributed by atoms with Crippen LogP contribution < -0.4 is 5.32 Å². The van der Waals surface area contributed by atoms with Gasteiger partial charge in [-0.05, 0) is 24.6 Å². The summed E-state index contributed by atoms with van der Waals surface area (Å²) in [5.41, 5.74) is 2.92. The Labute approximate surface area is 121 Å². The van der Waals surface area contributed by atoms with E-state index in [2.05, 4.69) is 33.3 Å². The van der Waals surface area contributed by atoms with E-state index in [1.807, 2.05) is 17.9 Å². The maximum Gasteiger partial charge on any atom is 0.127 e. The van der Waals surface area contributed by atoms with Gasteiger partial charge in [-0.2, -0.15) is 5.10 Å². The molecular weight excluding hydrogens is 309 g/mol. The molecule has 0 saturated carbocycles. The summed E-state index contributed by atoms with van der Waals surface area (Å²) in [5.74, 6) is -0.183. The molecule has 2 aromatic rings. The molecule has 1 N–H and O–H groups in total. The van der Waals surface area contributed by atoms with E-state index in [0.29, 0.717) is 18.7 Å². The van der Waals surface area contributed by atoms with Gasteiger partial charge in [0.25, 0.3) is 0 Å². The van der Waals surface area contributed by atoms with Crippen LogP contribution in [0.4, 0.5) is 4.39 Å². The standard InChI is InChI=1S/C14H17BrFN3/c1-3-14-11(9-19(2)18-14)8-17-7-10-6-12(15)4-5-13(10)16/h4-6,9,17H,3,7-8H2,1-2H3. The van der Waals surface area contributed by atoms with Crippen LogP contribution in [0.15, 0.2) is 28.9 Å². The number of aromatic nitrogens is 2. The zero-order valence-corrected chi connectivity index (χ0v) is 12.7. The van der Waals surface area contributed by atoms with Crippen molar-refractivity contribution in [2.24, 2.45) is 7.05 Å². The first-order valence-electron chi connectivity index (χ1n) is 6.26. The van der Waals surface area contributed by atoms with Crippen LogP contribution in [0.3, 0.4) is 0 Å². The molecule has 0 amide bonds. The van der Waals surface area contributed by atoms with Gasteiger partial charge in [0.2, 0.25) is 0 Å². The van der Waals surface area contributed by atoms with Gasteiger partial charge in [0.15, 0.2) is 0 Å². The molecule has 0 saturated heterocycles. The Bertz CT molecular complexity index is 566. The van der Waals surface area contributed by atoms with Gasteiger partial charge in [-0.15, -0.1) is 0 Å². The highest BCUT2D eigenvalue weighted by Crippen LogP contribution is 2.15. The molecule has 0 bridgehead atoms. The summed E-state index contributed by atoms with van der Waals surface area (Å²) in [5, 5.41) is 7.64. The van der Waals surface area contributed by atoms with Crippen LogP contribution in [-0.4, -0.2) is 9.78 Å². The number of hydrogen-bond donors (Lipinski definition) is 1. The third-order valence-corrected chi connectivity index (χ3v) is 3.46. The van der Waals surface area contributed by atoms with Crippen LogP contribution in [0.25, 0.3) is 0 Å². The van der Waals surface area contributed by atoms with E-state index in [9.17, 15) is 4.39 Å². The lowest BCUT2D eigenvalue weighted by atomic mass is 10.2. The lowest BCUT2D eigenvalue weighted by Crippen LogP contribution is -2.14. The highest BCUT2D eigenvalue weighted by atomic mass is 79.9. The molecule has 0 aliphatic carbocycles. The summed E-state index contributed by atoms with van der Waals surface area (Å²) >= 11 is 3.35. The number of nitrogens with zero attached hydrogens (tertiary/aromatic N) is 2. The molecule has 0 fully saturated rings. The Morgan fingerprint density at radius 3 is 2.79 bits per heavy atom.